The molecule has 6 heteroatoms. The highest BCUT2D eigenvalue weighted by atomic mass is 35.5. The Bertz CT molecular complexity index is 353. The summed E-state index contributed by atoms with van der Waals surface area (Å²) in [6.45, 7) is 0. The highest BCUT2D eigenvalue weighted by molar-refractivity contribution is 6.45. The monoisotopic (exact) mass is 257 g/mol. The summed E-state index contributed by atoms with van der Waals surface area (Å²) in [4.78, 5) is 13.0. The molecule has 0 aliphatic heterocycles. The van der Waals surface area contributed by atoms with Crippen molar-refractivity contribution in [3.8, 4) is 0 Å². The zero-order valence-corrected chi connectivity index (χ0v) is 9.10. The highest BCUT2D eigenvalue weighted by Crippen LogP contribution is 2.29. The molecule has 13 heavy (non-hydrogen) atoms. The molecule has 0 saturated carbocycles. The maximum atomic E-state index is 11.1. The van der Waals surface area contributed by atoms with Gasteiger partial charge in [-0.1, -0.05) is 34.8 Å². The van der Waals surface area contributed by atoms with Gasteiger partial charge in [0.25, 0.3) is 5.91 Å². The predicted octanol–water partition coefficient (Wildman–Crippen LogP) is 3.53. The van der Waals surface area contributed by atoms with Crippen LogP contribution in [-0.4, -0.2) is 5.91 Å². The first kappa shape index (κ1) is 10.9. The molecule has 0 heterocycles. The van der Waals surface area contributed by atoms with Crippen molar-refractivity contribution in [3.63, 3.8) is 0 Å². The third kappa shape index (κ3) is 2.41. The lowest BCUT2D eigenvalue weighted by Gasteiger charge is -2.03. The molecule has 1 rings (SSSR count). The Balaban J connectivity index is 3.28. The molecule has 1 amide bonds. The molecule has 2 nitrogen and oxygen atoms in total. The summed E-state index contributed by atoms with van der Waals surface area (Å²) in [6, 6.07) is 2.82. The van der Waals surface area contributed by atoms with Crippen LogP contribution in [0.15, 0.2) is 12.1 Å². The molecule has 0 spiro atoms. The van der Waals surface area contributed by atoms with Gasteiger partial charge in [-0.25, -0.2) is 0 Å². The Morgan fingerprint density at radius 1 is 1.23 bits per heavy atom. The third-order valence-electron chi connectivity index (χ3n) is 1.32. The number of nitrogens with one attached hydrogen (secondary N) is 1. The van der Waals surface area contributed by atoms with E-state index in [9.17, 15) is 4.79 Å². The Morgan fingerprint density at radius 2 is 1.85 bits per heavy atom. The number of rotatable bonds is 1. The molecule has 0 unspecified atom stereocenters. The van der Waals surface area contributed by atoms with Crippen molar-refractivity contribution >= 4 is 52.5 Å². The zero-order chi connectivity index (χ0) is 10.0. The highest BCUT2D eigenvalue weighted by Gasteiger charge is 2.13. The minimum Gasteiger partial charge on any atom is -0.268 e. The van der Waals surface area contributed by atoms with Gasteiger partial charge in [-0.05, 0) is 12.1 Å². The first-order valence-corrected chi connectivity index (χ1v) is 4.63. The van der Waals surface area contributed by atoms with Gasteiger partial charge in [0.15, 0.2) is 0 Å². The summed E-state index contributed by atoms with van der Waals surface area (Å²) in [5.41, 5.74) is 0.147. The fourth-order valence-electron chi connectivity index (χ4n) is 0.772. The molecule has 1 aromatic rings. The van der Waals surface area contributed by atoms with Crippen molar-refractivity contribution in [1.29, 1.82) is 0 Å². The molecule has 0 atom stereocenters. The second-order valence-corrected chi connectivity index (χ2v) is 3.58. The van der Waals surface area contributed by atoms with E-state index in [1.807, 2.05) is 4.84 Å². The number of amides is 1. The average Bonchev–Trinajstić information content (AvgIpc) is 2.10. The molecule has 0 aliphatic rings. The largest absolute Gasteiger partial charge is 0.268 e. The molecule has 0 radical (unpaired) electrons. The maximum Gasteiger partial charge on any atom is 0.267 e. The van der Waals surface area contributed by atoms with Crippen LogP contribution in [-0.2, 0) is 0 Å². The summed E-state index contributed by atoms with van der Waals surface area (Å²) in [5.74, 6) is -0.545. The molecular formula is C7H3Cl4NO. The van der Waals surface area contributed by atoms with Crippen LogP contribution in [0.25, 0.3) is 0 Å². The van der Waals surface area contributed by atoms with E-state index >= 15 is 0 Å². The molecular weight excluding hydrogens is 256 g/mol. The molecule has 0 bridgehead atoms. The van der Waals surface area contributed by atoms with Gasteiger partial charge in [0, 0.05) is 16.8 Å². The second-order valence-electron chi connectivity index (χ2n) is 2.17. The Kier molecular flexibility index (Phi) is 3.68. The smallest absolute Gasteiger partial charge is 0.267 e. The van der Waals surface area contributed by atoms with E-state index in [0.717, 1.165) is 0 Å². The Morgan fingerprint density at radius 3 is 2.38 bits per heavy atom. The number of carbonyl (C=O) groups excluding carboxylic acids is 1. The van der Waals surface area contributed by atoms with Crippen molar-refractivity contribution in [1.82, 2.24) is 4.84 Å². The van der Waals surface area contributed by atoms with Gasteiger partial charge in [-0.2, -0.15) is 0 Å². The van der Waals surface area contributed by atoms with Gasteiger partial charge >= 0.3 is 0 Å². The van der Waals surface area contributed by atoms with Gasteiger partial charge in [0.05, 0.1) is 15.6 Å². The van der Waals surface area contributed by atoms with Gasteiger partial charge in [-0.3, -0.25) is 9.63 Å². The van der Waals surface area contributed by atoms with E-state index in [-0.39, 0.29) is 15.6 Å². The molecule has 1 aromatic carbocycles. The molecule has 0 fully saturated rings. The number of hydrogen-bond acceptors (Lipinski definition) is 1. The van der Waals surface area contributed by atoms with Crippen molar-refractivity contribution in [2.45, 2.75) is 0 Å². The van der Waals surface area contributed by atoms with Crippen LogP contribution in [0.3, 0.4) is 0 Å². The minimum absolute atomic E-state index is 0.129. The van der Waals surface area contributed by atoms with Gasteiger partial charge in [0.1, 0.15) is 0 Å². The van der Waals surface area contributed by atoms with Gasteiger partial charge < -0.3 is 0 Å². The van der Waals surface area contributed by atoms with E-state index in [4.69, 9.17) is 46.6 Å². The molecule has 0 aromatic heterocycles. The summed E-state index contributed by atoms with van der Waals surface area (Å²) in [6.07, 6.45) is 0. The van der Waals surface area contributed by atoms with Crippen molar-refractivity contribution < 1.29 is 4.79 Å². The van der Waals surface area contributed by atoms with Crippen molar-refractivity contribution in [2.75, 3.05) is 0 Å². The van der Waals surface area contributed by atoms with Crippen LogP contribution in [0, 0.1) is 0 Å². The number of hydrogen-bond donors (Lipinski definition) is 1. The normalized spacial score (nSPS) is 9.85. The fraction of sp³-hybridized carbons (Fsp3) is 0. The first-order valence-electron chi connectivity index (χ1n) is 3.11. The van der Waals surface area contributed by atoms with Gasteiger partial charge in [0.2, 0.25) is 0 Å². The van der Waals surface area contributed by atoms with E-state index in [1.165, 1.54) is 12.1 Å². The van der Waals surface area contributed by atoms with Crippen LogP contribution in [0.4, 0.5) is 0 Å². The second kappa shape index (κ2) is 4.38. The lowest BCUT2D eigenvalue weighted by Crippen LogP contribution is -2.13. The topological polar surface area (TPSA) is 29.1 Å². The SMILES string of the molecule is O=C(NCl)c1cc(Cl)cc(Cl)c1Cl. The average molecular weight is 259 g/mol. The van der Waals surface area contributed by atoms with E-state index in [2.05, 4.69) is 0 Å². The van der Waals surface area contributed by atoms with E-state index in [0.29, 0.717) is 5.02 Å². The fourth-order valence-corrected chi connectivity index (χ4v) is 1.56. The Labute approximate surface area is 94.8 Å². The van der Waals surface area contributed by atoms with Gasteiger partial charge in [-0.15, -0.1) is 0 Å². The lowest BCUT2D eigenvalue weighted by atomic mass is 10.2. The number of halogens is 4. The Hall–Kier alpha value is -0.150. The number of carbonyl (C=O) groups is 1. The van der Waals surface area contributed by atoms with Crippen LogP contribution < -0.4 is 4.84 Å². The predicted molar refractivity (Wildman–Crippen MR) is 54.8 cm³/mol. The summed E-state index contributed by atoms with van der Waals surface area (Å²) in [7, 11) is 0. The standard InChI is InChI=1S/C7H3Cl4NO/c8-3-1-4(7(13)12-11)6(10)5(9)2-3/h1-2H,(H,12,13). The molecule has 0 aliphatic carbocycles. The van der Waals surface area contributed by atoms with E-state index in [1.54, 1.807) is 0 Å². The number of benzene rings is 1. The minimum atomic E-state index is -0.545. The van der Waals surface area contributed by atoms with E-state index < -0.39 is 5.91 Å². The molecule has 70 valence electrons. The summed E-state index contributed by atoms with van der Waals surface area (Å²) >= 11 is 22.2. The maximum absolute atomic E-state index is 11.1. The molecule has 1 N–H and O–H groups in total. The molecule has 0 saturated heterocycles. The van der Waals surface area contributed by atoms with Crippen LogP contribution in [0.2, 0.25) is 15.1 Å². The summed E-state index contributed by atoms with van der Waals surface area (Å²) < 4.78 is 0. The van der Waals surface area contributed by atoms with Crippen LogP contribution in [0.1, 0.15) is 10.4 Å². The zero-order valence-electron chi connectivity index (χ0n) is 6.07. The lowest BCUT2D eigenvalue weighted by molar-refractivity contribution is 0.0982. The third-order valence-corrected chi connectivity index (χ3v) is 2.52. The van der Waals surface area contributed by atoms with Crippen LogP contribution in [0.5, 0.6) is 0 Å². The van der Waals surface area contributed by atoms with Crippen molar-refractivity contribution in [2.24, 2.45) is 0 Å². The quantitative estimate of drug-likeness (QED) is 0.606. The van der Waals surface area contributed by atoms with Crippen LogP contribution >= 0.6 is 46.6 Å². The first-order chi connectivity index (χ1) is 6.06. The summed E-state index contributed by atoms with van der Waals surface area (Å²) in [5, 5.41) is 0.665. The van der Waals surface area contributed by atoms with Crippen molar-refractivity contribution in [3.05, 3.63) is 32.8 Å².